The molecule has 2 amide bonds. The molecule has 2 aromatic rings. The second kappa shape index (κ2) is 9.54. The van der Waals surface area contributed by atoms with E-state index in [1.54, 1.807) is 11.2 Å². The van der Waals surface area contributed by atoms with Gasteiger partial charge < -0.3 is 14.6 Å². The highest BCUT2D eigenvalue weighted by Crippen LogP contribution is 2.35. The van der Waals surface area contributed by atoms with Crippen LogP contribution in [-0.4, -0.2) is 41.5 Å². The summed E-state index contributed by atoms with van der Waals surface area (Å²) in [5.74, 6) is 1.00. The van der Waals surface area contributed by atoms with E-state index in [9.17, 15) is 18.0 Å². The molecule has 9 heteroatoms. The van der Waals surface area contributed by atoms with Gasteiger partial charge in [-0.25, -0.2) is 4.79 Å². The third-order valence-electron chi connectivity index (χ3n) is 4.97. The first kappa shape index (κ1) is 23.1. The summed E-state index contributed by atoms with van der Waals surface area (Å²) in [6.45, 7) is 6.34. The van der Waals surface area contributed by atoms with Crippen LogP contribution in [0, 0.1) is 5.92 Å². The Labute approximate surface area is 174 Å². The van der Waals surface area contributed by atoms with E-state index in [0.29, 0.717) is 26.2 Å². The minimum atomic E-state index is -4.52. The largest absolute Gasteiger partial charge is 0.468 e. The van der Waals surface area contributed by atoms with Crippen molar-refractivity contribution in [3.63, 3.8) is 0 Å². The highest BCUT2D eigenvalue weighted by atomic mass is 35.5. The number of carbonyl (C=O) groups is 1. The molecule has 29 heavy (non-hydrogen) atoms. The molecule has 0 unspecified atom stereocenters. The summed E-state index contributed by atoms with van der Waals surface area (Å²) in [5.41, 5.74) is -1.07. The van der Waals surface area contributed by atoms with Gasteiger partial charge >= 0.3 is 12.2 Å². The number of hydrogen-bond acceptors (Lipinski definition) is 3. The Hall–Kier alpha value is -2.19. The zero-order chi connectivity index (χ0) is 20.3. The maximum Gasteiger partial charge on any atom is 0.418 e. The maximum atomic E-state index is 13.2. The number of alkyl halides is 3. The van der Waals surface area contributed by atoms with Crippen LogP contribution in [0.2, 0.25) is 0 Å². The Morgan fingerprint density at radius 3 is 2.55 bits per heavy atom. The van der Waals surface area contributed by atoms with E-state index in [-0.39, 0.29) is 30.1 Å². The number of anilines is 1. The third-order valence-corrected chi connectivity index (χ3v) is 4.97. The van der Waals surface area contributed by atoms with Gasteiger partial charge in [0.1, 0.15) is 5.76 Å². The van der Waals surface area contributed by atoms with Crippen LogP contribution < -0.4 is 5.32 Å². The van der Waals surface area contributed by atoms with Crippen molar-refractivity contribution in [3.8, 4) is 0 Å². The predicted molar refractivity (Wildman–Crippen MR) is 107 cm³/mol. The zero-order valence-corrected chi connectivity index (χ0v) is 17.1. The molecule has 0 spiro atoms. The molecule has 1 atom stereocenters. The Kier molecular flexibility index (Phi) is 7.60. The molecule has 1 saturated heterocycles. The first-order valence-corrected chi connectivity index (χ1v) is 9.24. The smallest absolute Gasteiger partial charge is 0.418 e. The van der Waals surface area contributed by atoms with Crippen LogP contribution in [-0.2, 0) is 12.7 Å². The van der Waals surface area contributed by atoms with Gasteiger partial charge in [-0.15, -0.1) is 12.4 Å². The highest BCUT2D eigenvalue weighted by Gasteiger charge is 2.36. The van der Waals surface area contributed by atoms with Crippen molar-refractivity contribution in [2.45, 2.75) is 32.6 Å². The molecule has 0 radical (unpaired) electrons. The van der Waals surface area contributed by atoms with Crippen LogP contribution in [0.3, 0.4) is 0 Å². The van der Waals surface area contributed by atoms with Crippen LogP contribution in [0.1, 0.15) is 25.2 Å². The number of urea groups is 1. The molecular formula is C20H25ClF3N3O2. The topological polar surface area (TPSA) is 48.7 Å². The van der Waals surface area contributed by atoms with Gasteiger partial charge in [0.2, 0.25) is 0 Å². The molecule has 2 heterocycles. The third kappa shape index (κ3) is 5.67. The standard InChI is InChI=1S/C20H24F3N3O2.ClH/c1-14(2)18-13-25(12-15-6-5-11-28-15)9-10-26(18)19(27)24-17-8-4-3-7-16(17)20(21,22)23;/h3-8,11,14,18H,9-10,12-13H2,1-2H3,(H,24,27);1H/t18-;/m1./s1. The zero-order valence-electron chi connectivity index (χ0n) is 16.3. The molecule has 0 bridgehead atoms. The van der Waals surface area contributed by atoms with E-state index in [2.05, 4.69) is 10.2 Å². The minimum absolute atomic E-state index is 0. The summed E-state index contributed by atoms with van der Waals surface area (Å²) in [4.78, 5) is 16.6. The normalized spacial score (nSPS) is 17.9. The van der Waals surface area contributed by atoms with E-state index < -0.39 is 17.8 Å². The van der Waals surface area contributed by atoms with Gasteiger partial charge in [0, 0.05) is 25.7 Å². The number of piperazine rings is 1. The van der Waals surface area contributed by atoms with Crippen molar-refractivity contribution in [2.24, 2.45) is 5.92 Å². The number of halogens is 4. The summed E-state index contributed by atoms with van der Waals surface area (Å²) in [6, 6.07) is 8.15. The fraction of sp³-hybridized carbons (Fsp3) is 0.450. The molecule has 1 fully saturated rings. The number of benzene rings is 1. The monoisotopic (exact) mass is 431 g/mol. The van der Waals surface area contributed by atoms with Gasteiger partial charge in [-0.2, -0.15) is 13.2 Å². The van der Waals surface area contributed by atoms with Gasteiger partial charge in [0.15, 0.2) is 0 Å². The fourth-order valence-corrected chi connectivity index (χ4v) is 3.49. The number of hydrogen-bond donors (Lipinski definition) is 1. The number of nitrogens with zero attached hydrogens (tertiary/aromatic N) is 2. The van der Waals surface area contributed by atoms with Crippen LogP contribution in [0.5, 0.6) is 0 Å². The Bertz CT molecular complexity index is 797. The van der Waals surface area contributed by atoms with Crippen molar-refractivity contribution < 1.29 is 22.4 Å². The van der Waals surface area contributed by atoms with E-state index in [0.717, 1.165) is 11.8 Å². The fourth-order valence-electron chi connectivity index (χ4n) is 3.49. The van der Waals surface area contributed by atoms with Crippen molar-refractivity contribution in [1.82, 2.24) is 9.80 Å². The molecule has 5 nitrogen and oxygen atoms in total. The number of nitrogens with one attached hydrogen (secondary N) is 1. The quantitative estimate of drug-likeness (QED) is 0.733. The first-order valence-electron chi connectivity index (χ1n) is 9.24. The second-order valence-corrected chi connectivity index (χ2v) is 7.29. The number of rotatable bonds is 4. The average molecular weight is 432 g/mol. The summed E-state index contributed by atoms with van der Waals surface area (Å²) >= 11 is 0. The van der Waals surface area contributed by atoms with E-state index in [1.165, 1.54) is 18.2 Å². The van der Waals surface area contributed by atoms with E-state index in [4.69, 9.17) is 4.42 Å². The summed E-state index contributed by atoms with van der Waals surface area (Å²) in [6.07, 6.45) is -2.90. The predicted octanol–water partition coefficient (Wildman–Crippen LogP) is 5.09. The van der Waals surface area contributed by atoms with Crippen LogP contribution >= 0.6 is 12.4 Å². The Morgan fingerprint density at radius 2 is 1.93 bits per heavy atom. The minimum Gasteiger partial charge on any atom is -0.468 e. The van der Waals surface area contributed by atoms with E-state index >= 15 is 0 Å². The lowest BCUT2D eigenvalue weighted by Gasteiger charge is -2.43. The van der Waals surface area contributed by atoms with Gasteiger partial charge in [-0.3, -0.25) is 4.90 Å². The van der Waals surface area contributed by atoms with Crippen molar-refractivity contribution in [2.75, 3.05) is 25.0 Å². The van der Waals surface area contributed by atoms with Gasteiger partial charge in [0.05, 0.1) is 24.1 Å². The lowest BCUT2D eigenvalue weighted by Crippen LogP contribution is -2.57. The van der Waals surface area contributed by atoms with Crippen molar-refractivity contribution >= 4 is 24.1 Å². The van der Waals surface area contributed by atoms with E-state index in [1.807, 2.05) is 26.0 Å². The number of furan rings is 1. The van der Waals surface area contributed by atoms with Crippen LogP contribution in [0.25, 0.3) is 0 Å². The number of carbonyl (C=O) groups excluding carboxylic acids is 1. The maximum absolute atomic E-state index is 13.2. The highest BCUT2D eigenvalue weighted by molar-refractivity contribution is 5.90. The molecule has 1 aliphatic rings. The molecule has 0 aliphatic carbocycles. The van der Waals surface area contributed by atoms with Gasteiger partial charge in [-0.05, 0) is 30.2 Å². The van der Waals surface area contributed by atoms with Crippen molar-refractivity contribution in [1.29, 1.82) is 0 Å². The average Bonchev–Trinajstić information content (AvgIpc) is 3.14. The van der Waals surface area contributed by atoms with Crippen molar-refractivity contribution in [3.05, 3.63) is 54.0 Å². The molecule has 0 saturated carbocycles. The molecule has 3 rings (SSSR count). The lowest BCUT2D eigenvalue weighted by molar-refractivity contribution is -0.136. The number of amides is 2. The van der Waals surface area contributed by atoms with Gasteiger partial charge in [-0.1, -0.05) is 26.0 Å². The van der Waals surface area contributed by atoms with Gasteiger partial charge in [0.25, 0.3) is 0 Å². The Morgan fingerprint density at radius 1 is 1.21 bits per heavy atom. The molecule has 1 N–H and O–H groups in total. The molecular weight excluding hydrogens is 407 g/mol. The molecule has 1 aliphatic heterocycles. The SMILES string of the molecule is CC(C)[C@H]1CN(Cc2ccco2)CCN1C(=O)Nc1ccccc1C(F)(F)F.Cl. The molecule has 160 valence electrons. The summed E-state index contributed by atoms with van der Waals surface area (Å²) in [7, 11) is 0. The molecule has 1 aromatic carbocycles. The summed E-state index contributed by atoms with van der Waals surface area (Å²) in [5, 5.41) is 2.46. The lowest BCUT2D eigenvalue weighted by atomic mass is 9.99. The molecule has 1 aromatic heterocycles. The summed E-state index contributed by atoms with van der Waals surface area (Å²) < 4.78 is 45.0. The number of para-hydroxylation sites is 1. The van der Waals surface area contributed by atoms with Crippen LogP contribution in [0.15, 0.2) is 47.1 Å². The second-order valence-electron chi connectivity index (χ2n) is 7.29. The first-order chi connectivity index (χ1) is 13.3. The Balaban J connectivity index is 0.00000300. The van der Waals surface area contributed by atoms with Crippen LogP contribution in [0.4, 0.5) is 23.7 Å².